The molecule has 3 rings (SSSR count). The van der Waals surface area contributed by atoms with E-state index in [9.17, 15) is 13.5 Å². The number of aliphatic hydroxyl groups is 1. The van der Waals surface area contributed by atoms with Gasteiger partial charge in [0.1, 0.15) is 5.60 Å². The topological polar surface area (TPSA) is 89.6 Å². The van der Waals surface area contributed by atoms with Crippen molar-refractivity contribution in [3.8, 4) is 11.1 Å². The first-order chi connectivity index (χ1) is 12.2. The van der Waals surface area contributed by atoms with Crippen molar-refractivity contribution in [2.24, 2.45) is 11.1 Å². The van der Waals surface area contributed by atoms with E-state index >= 15 is 0 Å². The lowest BCUT2D eigenvalue weighted by molar-refractivity contribution is -0.00577. The summed E-state index contributed by atoms with van der Waals surface area (Å²) >= 11 is 6.24. The second-order valence-corrected chi connectivity index (χ2v) is 9.22. The van der Waals surface area contributed by atoms with Crippen molar-refractivity contribution in [3.63, 3.8) is 0 Å². The number of benzene rings is 2. The molecule has 0 aromatic heterocycles. The SMILES string of the molecule is CC(CC1COCC1(O)c1ccc(-c2ccccc2Cl)cc1)S(N)(=O)=O. The van der Waals surface area contributed by atoms with Gasteiger partial charge in [0.2, 0.25) is 10.0 Å². The van der Waals surface area contributed by atoms with Crippen molar-refractivity contribution >= 4 is 21.6 Å². The van der Waals surface area contributed by atoms with Crippen LogP contribution in [0, 0.1) is 5.92 Å². The van der Waals surface area contributed by atoms with Gasteiger partial charge in [0.05, 0.1) is 18.5 Å². The molecule has 0 amide bonds. The molecule has 0 spiro atoms. The fourth-order valence-corrected chi connectivity index (χ4v) is 4.11. The molecular formula is C19H22ClNO4S. The van der Waals surface area contributed by atoms with Gasteiger partial charge in [-0.2, -0.15) is 0 Å². The first-order valence-electron chi connectivity index (χ1n) is 8.39. The predicted molar refractivity (Wildman–Crippen MR) is 102 cm³/mol. The maximum absolute atomic E-state index is 11.5. The van der Waals surface area contributed by atoms with Crippen molar-refractivity contribution in [3.05, 3.63) is 59.1 Å². The van der Waals surface area contributed by atoms with E-state index in [1.54, 1.807) is 6.92 Å². The van der Waals surface area contributed by atoms with Crippen LogP contribution in [0.3, 0.4) is 0 Å². The Morgan fingerprint density at radius 1 is 1.27 bits per heavy atom. The average Bonchev–Trinajstić information content (AvgIpc) is 2.96. The summed E-state index contributed by atoms with van der Waals surface area (Å²) in [6.45, 7) is 1.97. The van der Waals surface area contributed by atoms with Crippen LogP contribution in [0.15, 0.2) is 48.5 Å². The summed E-state index contributed by atoms with van der Waals surface area (Å²) in [4.78, 5) is 0. The number of nitrogens with two attached hydrogens (primary N) is 1. The summed E-state index contributed by atoms with van der Waals surface area (Å²) in [5.74, 6) is -0.345. The normalized spacial score (nSPS) is 24.5. The quantitative estimate of drug-likeness (QED) is 0.814. The monoisotopic (exact) mass is 395 g/mol. The summed E-state index contributed by atoms with van der Waals surface area (Å²) in [6, 6.07) is 15.0. The molecule has 1 saturated heterocycles. The maximum atomic E-state index is 11.5. The van der Waals surface area contributed by atoms with Gasteiger partial charge in [-0.3, -0.25) is 0 Å². The molecule has 2 aromatic carbocycles. The number of ether oxygens (including phenoxy) is 1. The Kier molecular flexibility index (Phi) is 5.42. The zero-order chi connectivity index (χ0) is 18.9. The average molecular weight is 396 g/mol. The van der Waals surface area contributed by atoms with Crippen molar-refractivity contribution in [2.75, 3.05) is 13.2 Å². The van der Waals surface area contributed by atoms with Crippen LogP contribution in [0.5, 0.6) is 0 Å². The predicted octanol–water partition coefficient (Wildman–Crippen LogP) is 2.91. The van der Waals surface area contributed by atoms with Gasteiger partial charge in [-0.15, -0.1) is 0 Å². The highest BCUT2D eigenvalue weighted by Crippen LogP contribution is 2.39. The highest BCUT2D eigenvalue weighted by molar-refractivity contribution is 7.89. The highest BCUT2D eigenvalue weighted by Gasteiger charge is 2.45. The molecule has 1 aliphatic heterocycles. The number of rotatable bonds is 5. The molecule has 5 nitrogen and oxygen atoms in total. The van der Waals surface area contributed by atoms with E-state index in [4.69, 9.17) is 21.5 Å². The minimum Gasteiger partial charge on any atom is -0.382 e. The maximum Gasteiger partial charge on any atom is 0.211 e. The molecule has 7 heteroatoms. The van der Waals surface area contributed by atoms with E-state index in [2.05, 4.69) is 0 Å². The number of hydrogen-bond donors (Lipinski definition) is 2. The van der Waals surface area contributed by atoms with Crippen LogP contribution in [-0.2, 0) is 20.4 Å². The molecule has 0 aliphatic carbocycles. The highest BCUT2D eigenvalue weighted by atomic mass is 35.5. The summed E-state index contributed by atoms with van der Waals surface area (Å²) in [6.07, 6.45) is 0.238. The third-order valence-electron chi connectivity index (χ3n) is 5.06. The zero-order valence-electron chi connectivity index (χ0n) is 14.4. The molecule has 3 N–H and O–H groups in total. The molecule has 26 heavy (non-hydrogen) atoms. The Balaban J connectivity index is 1.86. The first-order valence-corrected chi connectivity index (χ1v) is 10.4. The van der Waals surface area contributed by atoms with Crippen LogP contribution < -0.4 is 5.14 Å². The Morgan fingerprint density at radius 3 is 2.54 bits per heavy atom. The number of sulfonamides is 1. The van der Waals surface area contributed by atoms with E-state index < -0.39 is 20.9 Å². The third kappa shape index (κ3) is 3.80. The lowest BCUT2D eigenvalue weighted by Gasteiger charge is -2.30. The molecule has 1 fully saturated rings. The molecule has 1 aliphatic rings. The van der Waals surface area contributed by atoms with Gasteiger partial charge in [0.25, 0.3) is 0 Å². The van der Waals surface area contributed by atoms with Crippen LogP contribution in [0.2, 0.25) is 5.02 Å². The fraction of sp³-hybridized carbons (Fsp3) is 0.368. The lowest BCUT2D eigenvalue weighted by atomic mass is 9.81. The van der Waals surface area contributed by atoms with Gasteiger partial charge in [-0.25, -0.2) is 13.6 Å². The fourth-order valence-electron chi connectivity index (χ4n) is 3.36. The van der Waals surface area contributed by atoms with Crippen LogP contribution >= 0.6 is 11.6 Å². The number of primary sulfonamides is 1. The second-order valence-electron chi connectivity index (χ2n) is 6.83. The molecule has 3 atom stereocenters. The van der Waals surface area contributed by atoms with Gasteiger partial charge in [0, 0.05) is 16.5 Å². The smallest absolute Gasteiger partial charge is 0.211 e. The molecule has 0 bridgehead atoms. The Bertz CT molecular complexity index is 885. The minimum atomic E-state index is -3.65. The van der Waals surface area contributed by atoms with E-state index in [1.165, 1.54) is 0 Å². The third-order valence-corrected chi connectivity index (χ3v) is 6.71. The largest absolute Gasteiger partial charge is 0.382 e. The van der Waals surface area contributed by atoms with Gasteiger partial charge >= 0.3 is 0 Å². The van der Waals surface area contributed by atoms with Crippen molar-refractivity contribution < 1.29 is 18.3 Å². The Morgan fingerprint density at radius 2 is 1.92 bits per heavy atom. The first kappa shape index (κ1) is 19.3. The van der Waals surface area contributed by atoms with Crippen molar-refractivity contribution in [2.45, 2.75) is 24.2 Å². The van der Waals surface area contributed by atoms with Crippen LogP contribution in [0.25, 0.3) is 11.1 Å². The molecule has 3 unspecified atom stereocenters. The molecule has 1 heterocycles. The van der Waals surface area contributed by atoms with Gasteiger partial charge < -0.3 is 9.84 Å². The van der Waals surface area contributed by atoms with E-state index in [-0.39, 0.29) is 18.9 Å². The van der Waals surface area contributed by atoms with Gasteiger partial charge in [-0.1, -0.05) is 54.1 Å². The van der Waals surface area contributed by atoms with E-state index in [0.717, 1.165) is 11.1 Å². The van der Waals surface area contributed by atoms with Crippen molar-refractivity contribution in [1.82, 2.24) is 0 Å². The zero-order valence-corrected chi connectivity index (χ0v) is 16.0. The van der Waals surface area contributed by atoms with Crippen LogP contribution in [-0.4, -0.2) is 32.0 Å². The summed E-state index contributed by atoms with van der Waals surface area (Å²) in [5.41, 5.74) is 1.31. The Labute approximate surface area is 158 Å². The lowest BCUT2D eigenvalue weighted by Crippen LogP contribution is -2.38. The summed E-state index contributed by atoms with van der Waals surface area (Å²) in [7, 11) is -3.65. The summed E-state index contributed by atoms with van der Waals surface area (Å²) in [5, 5.41) is 16.3. The Hall–Kier alpha value is -1.44. The minimum absolute atomic E-state index is 0.125. The molecule has 0 radical (unpaired) electrons. The molecule has 2 aromatic rings. The molecular weight excluding hydrogens is 374 g/mol. The number of halogens is 1. The molecule has 0 saturated carbocycles. The van der Waals surface area contributed by atoms with Crippen molar-refractivity contribution in [1.29, 1.82) is 0 Å². The van der Waals surface area contributed by atoms with Crippen LogP contribution in [0.1, 0.15) is 18.9 Å². The molecule has 140 valence electrons. The van der Waals surface area contributed by atoms with E-state index in [1.807, 2.05) is 48.5 Å². The van der Waals surface area contributed by atoms with E-state index in [0.29, 0.717) is 17.2 Å². The van der Waals surface area contributed by atoms with Gasteiger partial charge in [0.15, 0.2) is 0 Å². The summed E-state index contributed by atoms with van der Waals surface area (Å²) < 4.78 is 28.6. The number of hydrogen-bond acceptors (Lipinski definition) is 4. The van der Waals surface area contributed by atoms with Gasteiger partial charge in [-0.05, 0) is 30.5 Å². The standard InChI is InChI=1S/C19H22ClNO4S/c1-13(26(21,23)24)10-16-11-25-12-19(16,22)15-8-6-14(7-9-15)17-4-2-3-5-18(17)20/h2-9,13,16,22H,10-12H2,1H3,(H2,21,23,24). The second kappa shape index (κ2) is 7.29. The van der Waals surface area contributed by atoms with Crippen LogP contribution in [0.4, 0.5) is 0 Å².